The van der Waals surface area contributed by atoms with Crippen LogP contribution in [0.2, 0.25) is 0 Å². The number of hydrogen-bond acceptors (Lipinski definition) is 3. The van der Waals surface area contributed by atoms with Crippen molar-refractivity contribution in [3.63, 3.8) is 0 Å². The smallest absolute Gasteiger partial charge is 0.353 e. The quantitative estimate of drug-likeness (QED) is 0.872. The number of H-pyrrole nitrogens is 1. The second kappa shape index (κ2) is 4.52. The number of aryl methyl sites for hydroxylation is 2. The Bertz CT molecular complexity index is 602. The largest absolute Gasteiger partial charge is 0.496 e. The van der Waals surface area contributed by atoms with Gasteiger partial charge in [-0.05, 0) is 37.1 Å². The molecule has 0 saturated carbocycles. The highest BCUT2D eigenvalue weighted by atomic mass is 16.5. The first-order valence-electron chi connectivity index (χ1n) is 5.47. The molecule has 2 aromatic rings. The Labute approximate surface area is 104 Å². The molecular formula is C13H14N2O3. The van der Waals surface area contributed by atoms with Gasteiger partial charge in [0.1, 0.15) is 11.4 Å². The Kier molecular flexibility index (Phi) is 3.06. The molecule has 0 aliphatic carbocycles. The van der Waals surface area contributed by atoms with E-state index in [-0.39, 0.29) is 5.69 Å². The van der Waals surface area contributed by atoms with Gasteiger partial charge in [-0.15, -0.1) is 0 Å². The normalized spacial score (nSPS) is 10.4. The third-order valence-electron chi connectivity index (χ3n) is 2.73. The number of aromatic carboxylic acids is 1. The van der Waals surface area contributed by atoms with Gasteiger partial charge in [0.05, 0.1) is 12.8 Å². The zero-order valence-corrected chi connectivity index (χ0v) is 10.4. The van der Waals surface area contributed by atoms with Crippen LogP contribution in [-0.2, 0) is 0 Å². The number of carbonyl (C=O) groups is 1. The lowest BCUT2D eigenvalue weighted by molar-refractivity contribution is 0.0690. The molecule has 0 aliphatic rings. The number of aromatic nitrogens is 2. The van der Waals surface area contributed by atoms with Crippen LogP contribution in [0.25, 0.3) is 11.3 Å². The average molecular weight is 246 g/mol. The number of hydrogen-bond donors (Lipinski definition) is 2. The van der Waals surface area contributed by atoms with Gasteiger partial charge in [0.15, 0.2) is 0 Å². The van der Waals surface area contributed by atoms with Crippen LogP contribution < -0.4 is 4.74 Å². The zero-order chi connectivity index (χ0) is 13.3. The Hall–Kier alpha value is -2.30. The minimum atomic E-state index is -1.03. The summed E-state index contributed by atoms with van der Waals surface area (Å²) in [5, 5.41) is 15.4. The number of carboxylic acid groups (broad SMARTS) is 1. The predicted molar refractivity (Wildman–Crippen MR) is 67.0 cm³/mol. The molecule has 5 heteroatoms. The molecule has 5 nitrogen and oxygen atoms in total. The third-order valence-corrected chi connectivity index (χ3v) is 2.73. The summed E-state index contributed by atoms with van der Waals surface area (Å²) in [5.74, 6) is -0.339. The fourth-order valence-electron chi connectivity index (χ4n) is 1.98. The number of nitrogens with one attached hydrogen (secondary N) is 1. The number of carboxylic acids is 1. The summed E-state index contributed by atoms with van der Waals surface area (Å²) in [4.78, 5) is 10.8. The molecule has 2 N–H and O–H groups in total. The number of benzene rings is 1. The standard InChI is InChI=1S/C13H14N2O3/c1-7-4-8(2)12(11(5-7)18-3)9-6-10(13(16)17)15-14-9/h4-6H,1-3H3,(H,14,15)(H,16,17). The Morgan fingerprint density at radius 2 is 2.06 bits per heavy atom. The highest BCUT2D eigenvalue weighted by molar-refractivity contribution is 5.87. The molecule has 0 radical (unpaired) electrons. The van der Waals surface area contributed by atoms with Crippen LogP contribution in [0.4, 0.5) is 0 Å². The molecule has 0 saturated heterocycles. The molecule has 0 spiro atoms. The van der Waals surface area contributed by atoms with Gasteiger partial charge in [-0.3, -0.25) is 5.10 Å². The number of methoxy groups -OCH3 is 1. The van der Waals surface area contributed by atoms with Crippen LogP contribution in [0.1, 0.15) is 21.6 Å². The van der Waals surface area contributed by atoms with E-state index in [2.05, 4.69) is 10.2 Å². The van der Waals surface area contributed by atoms with Gasteiger partial charge in [0, 0.05) is 5.56 Å². The number of ether oxygens (including phenoxy) is 1. The van der Waals surface area contributed by atoms with Crippen LogP contribution in [-0.4, -0.2) is 28.4 Å². The van der Waals surface area contributed by atoms with Crippen molar-refractivity contribution in [3.8, 4) is 17.0 Å². The van der Waals surface area contributed by atoms with Crippen LogP contribution >= 0.6 is 0 Å². The molecule has 0 atom stereocenters. The Balaban J connectivity index is 2.58. The minimum absolute atomic E-state index is 0.0621. The van der Waals surface area contributed by atoms with Gasteiger partial charge in [0.25, 0.3) is 0 Å². The molecule has 0 fully saturated rings. The maximum absolute atomic E-state index is 10.8. The lowest BCUT2D eigenvalue weighted by Crippen LogP contribution is -1.95. The Morgan fingerprint density at radius 3 is 2.61 bits per heavy atom. The van der Waals surface area contributed by atoms with E-state index in [1.165, 1.54) is 6.07 Å². The van der Waals surface area contributed by atoms with Gasteiger partial charge in [0.2, 0.25) is 0 Å². The van der Waals surface area contributed by atoms with Gasteiger partial charge in [-0.1, -0.05) is 6.07 Å². The molecule has 0 bridgehead atoms. The highest BCUT2D eigenvalue weighted by Gasteiger charge is 2.15. The second-order valence-electron chi connectivity index (χ2n) is 4.13. The average Bonchev–Trinajstić information content (AvgIpc) is 2.77. The van der Waals surface area contributed by atoms with E-state index < -0.39 is 5.97 Å². The fraction of sp³-hybridized carbons (Fsp3) is 0.231. The second-order valence-corrected chi connectivity index (χ2v) is 4.13. The van der Waals surface area contributed by atoms with Crippen molar-refractivity contribution in [2.24, 2.45) is 0 Å². The maximum atomic E-state index is 10.8. The number of aromatic amines is 1. The first kappa shape index (κ1) is 12.2. The lowest BCUT2D eigenvalue weighted by atomic mass is 10.0. The first-order valence-corrected chi connectivity index (χ1v) is 5.47. The van der Waals surface area contributed by atoms with Crippen LogP contribution in [0.5, 0.6) is 5.75 Å². The molecule has 1 aromatic heterocycles. The predicted octanol–water partition coefficient (Wildman–Crippen LogP) is 2.40. The minimum Gasteiger partial charge on any atom is -0.496 e. The van der Waals surface area contributed by atoms with Gasteiger partial charge < -0.3 is 9.84 Å². The van der Waals surface area contributed by atoms with E-state index in [1.807, 2.05) is 26.0 Å². The lowest BCUT2D eigenvalue weighted by Gasteiger charge is -2.10. The summed E-state index contributed by atoms with van der Waals surface area (Å²) >= 11 is 0. The molecule has 2 rings (SSSR count). The van der Waals surface area contributed by atoms with Gasteiger partial charge >= 0.3 is 5.97 Å². The van der Waals surface area contributed by atoms with Crippen LogP contribution in [0.15, 0.2) is 18.2 Å². The molecule has 0 amide bonds. The number of rotatable bonds is 3. The molecule has 1 aromatic carbocycles. The van der Waals surface area contributed by atoms with Crippen molar-refractivity contribution in [2.75, 3.05) is 7.11 Å². The van der Waals surface area contributed by atoms with Crippen molar-refractivity contribution >= 4 is 5.97 Å². The maximum Gasteiger partial charge on any atom is 0.353 e. The third kappa shape index (κ3) is 2.07. The van der Waals surface area contributed by atoms with E-state index in [0.717, 1.165) is 16.7 Å². The molecule has 0 unspecified atom stereocenters. The van der Waals surface area contributed by atoms with Crippen molar-refractivity contribution in [1.29, 1.82) is 0 Å². The van der Waals surface area contributed by atoms with Crippen molar-refractivity contribution < 1.29 is 14.6 Å². The van der Waals surface area contributed by atoms with Crippen molar-refractivity contribution in [1.82, 2.24) is 10.2 Å². The SMILES string of the molecule is COc1cc(C)cc(C)c1-c1cc(C(=O)O)[nH]n1. The highest BCUT2D eigenvalue weighted by Crippen LogP contribution is 2.33. The molecule has 18 heavy (non-hydrogen) atoms. The summed E-state index contributed by atoms with van der Waals surface area (Å²) in [6.45, 7) is 3.92. The first-order chi connectivity index (χ1) is 8.52. The summed E-state index contributed by atoms with van der Waals surface area (Å²) in [6.07, 6.45) is 0. The van der Waals surface area contributed by atoms with Crippen LogP contribution in [0.3, 0.4) is 0 Å². The summed E-state index contributed by atoms with van der Waals surface area (Å²) in [7, 11) is 1.59. The molecule has 94 valence electrons. The summed E-state index contributed by atoms with van der Waals surface area (Å²) in [5.41, 5.74) is 3.53. The van der Waals surface area contributed by atoms with Crippen molar-refractivity contribution in [3.05, 3.63) is 35.0 Å². The van der Waals surface area contributed by atoms with Crippen LogP contribution in [0, 0.1) is 13.8 Å². The van der Waals surface area contributed by atoms with Gasteiger partial charge in [-0.25, -0.2) is 4.79 Å². The number of nitrogens with zero attached hydrogens (tertiary/aromatic N) is 1. The summed E-state index contributed by atoms with van der Waals surface area (Å²) < 4.78 is 5.33. The van der Waals surface area contributed by atoms with E-state index in [4.69, 9.17) is 9.84 Å². The molecule has 1 heterocycles. The van der Waals surface area contributed by atoms with Crippen molar-refractivity contribution in [2.45, 2.75) is 13.8 Å². The van der Waals surface area contributed by atoms with E-state index in [9.17, 15) is 4.79 Å². The van der Waals surface area contributed by atoms with E-state index in [0.29, 0.717) is 11.4 Å². The van der Waals surface area contributed by atoms with Gasteiger partial charge in [-0.2, -0.15) is 5.10 Å². The fourth-order valence-corrected chi connectivity index (χ4v) is 1.98. The topological polar surface area (TPSA) is 75.2 Å². The monoisotopic (exact) mass is 246 g/mol. The molecule has 0 aliphatic heterocycles. The zero-order valence-electron chi connectivity index (χ0n) is 10.4. The molecular weight excluding hydrogens is 232 g/mol. The van der Waals surface area contributed by atoms with E-state index in [1.54, 1.807) is 7.11 Å². The van der Waals surface area contributed by atoms with E-state index >= 15 is 0 Å². The Morgan fingerprint density at radius 1 is 1.33 bits per heavy atom. The summed E-state index contributed by atoms with van der Waals surface area (Å²) in [6, 6.07) is 5.41.